The monoisotopic (exact) mass is 228 g/mol. The molecule has 0 aliphatic carbocycles. The van der Waals surface area contributed by atoms with Crippen molar-refractivity contribution in [2.75, 3.05) is 26.2 Å². The number of hydrogen-bond acceptors (Lipinski definition) is 4. The number of carbonyl (C=O) groups is 2. The Balaban J connectivity index is 2.37. The molecule has 0 aromatic heterocycles. The van der Waals surface area contributed by atoms with Crippen molar-refractivity contribution in [1.82, 2.24) is 10.2 Å². The number of ether oxygens (including phenoxy) is 1. The molecule has 1 amide bonds. The van der Waals surface area contributed by atoms with Crippen molar-refractivity contribution >= 4 is 11.9 Å². The van der Waals surface area contributed by atoms with Gasteiger partial charge in [-0.15, -0.1) is 0 Å². The van der Waals surface area contributed by atoms with Crippen molar-refractivity contribution in [3.05, 3.63) is 0 Å². The number of nitrogens with one attached hydrogen (secondary N) is 1. The van der Waals surface area contributed by atoms with Crippen molar-refractivity contribution in [3.8, 4) is 0 Å². The van der Waals surface area contributed by atoms with Gasteiger partial charge in [-0.25, -0.2) is 0 Å². The lowest BCUT2D eigenvalue weighted by Crippen LogP contribution is -2.37. The fourth-order valence-corrected chi connectivity index (χ4v) is 1.82. The molecule has 1 heterocycles. The Hall–Kier alpha value is -1.10. The van der Waals surface area contributed by atoms with Gasteiger partial charge in [0, 0.05) is 32.1 Å². The third kappa shape index (κ3) is 4.18. The van der Waals surface area contributed by atoms with E-state index in [-0.39, 0.29) is 17.9 Å². The van der Waals surface area contributed by atoms with E-state index in [2.05, 4.69) is 10.2 Å². The minimum atomic E-state index is -0.168. The van der Waals surface area contributed by atoms with Crippen LogP contribution in [0.4, 0.5) is 0 Å². The van der Waals surface area contributed by atoms with E-state index < -0.39 is 0 Å². The minimum absolute atomic E-state index is 0.0887. The molecule has 5 heteroatoms. The zero-order valence-corrected chi connectivity index (χ0v) is 9.99. The van der Waals surface area contributed by atoms with Crippen LogP contribution in [0.1, 0.15) is 26.7 Å². The quantitative estimate of drug-likeness (QED) is 0.696. The second kappa shape index (κ2) is 6.48. The molecular weight excluding hydrogens is 208 g/mol. The summed E-state index contributed by atoms with van der Waals surface area (Å²) in [5.41, 5.74) is 0. The molecule has 0 radical (unpaired) electrons. The first kappa shape index (κ1) is 13.0. The van der Waals surface area contributed by atoms with E-state index in [0.717, 1.165) is 6.54 Å². The highest BCUT2D eigenvalue weighted by Crippen LogP contribution is 2.07. The van der Waals surface area contributed by atoms with E-state index in [9.17, 15) is 9.59 Å². The summed E-state index contributed by atoms with van der Waals surface area (Å²) in [4.78, 5) is 24.6. The second-order valence-electron chi connectivity index (χ2n) is 3.99. The van der Waals surface area contributed by atoms with Gasteiger partial charge in [-0.05, 0) is 13.8 Å². The van der Waals surface area contributed by atoms with E-state index in [1.165, 1.54) is 0 Å². The molecule has 0 bridgehead atoms. The largest absolute Gasteiger partial charge is 0.466 e. The lowest BCUT2D eigenvalue weighted by atomic mass is 10.2. The van der Waals surface area contributed by atoms with Crippen molar-refractivity contribution in [2.24, 2.45) is 0 Å². The van der Waals surface area contributed by atoms with Gasteiger partial charge in [0.25, 0.3) is 0 Å². The third-order valence-corrected chi connectivity index (χ3v) is 2.74. The maximum absolute atomic E-state index is 11.3. The SMILES string of the molecule is CCOC(=O)CC(C)N1CCNC(=O)CC1. The number of esters is 1. The second-order valence-corrected chi connectivity index (χ2v) is 3.99. The highest BCUT2D eigenvalue weighted by Gasteiger charge is 2.20. The number of carbonyl (C=O) groups excluding carboxylic acids is 2. The van der Waals surface area contributed by atoms with Gasteiger partial charge in [0.1, 0.15) is 0 Å². The van der Waals surface area contributed by atoms with Crippen molar-refractivity contribution < 1.29 is 14.3 Å². The molecule has 1 fully saturated rings. The molecule has 92 valence electrons. The van der Waals surface area contributed by atoms with Crippen LogP contribution in [0.5, 0.6) is 0 Å². The first-order chi connectivity index (χ1) is 7.63. The molecular formula is C11H20N2O3. The third-order valence-electron chi connectivity index (χ3n) is 2.74. The maximum Gasteiger partial charge on any atom is 0.307 e. The van der Waals surface area contributed by atoms with Gasteiger partial charge in [0.2, 0.25) is 5.91 Å². The van der Waals surface area contributed by atoms with Crippen LogP contribution in [0, 0.1) is 0 Å². The van der Waals surface area contributed by atoms with E-state index >= 15 is 0 Å². The number of hydrogen-bond donors (Lipinski definition) is 1. The summed E-state index contributed by atoms with van der Waals surface area (Å²) in [6, 6.07) is 0.131. The van der Waals surface area contributed by atoms with Crippen LogP contribution < -0.4 is 5.32 Å². The number of nitrogens with zero attached hydrogens (tertiary/aromatic N) is 1. The summed E-state index contributed by atoms with van der Waals surface area (Å²) in [5.74, 6) is -0.0793. The zero-order valence-electron chi connectivity index (χ0n) is 9.99. The van der Waals surface area contributed by atoms with Crippen molar-refractivity contribution in [3.63, 3.8) is 0 Å². The summed E-state index contributed by atoms with van der Waals surface area (Å²) in [5, 5.41) is 2.81. The fraction of sp³-hybridized carbons (Fsp3) is 0.818. The van der Waals surface area contributed by atoms with Gasteiger partial charge < -0.3 is 10.1 Å². The van der Waals surface area contributed by atoms with Crippen LogP contribution in [0.2, 0.25) is 0 Å². The van der Waals surface area contributed by atoms with Crippen LogP contribution in [0.25, 0.3) is 0 Å². The molecule has 0 aromatic carbocycles. The molecule has 1 atom stereocenters. The minimum Gasteiger partial charge on any atom is -0.466 e. The van der Waals surface area contributed by atoms with Crippen LogP contribution >= 0.6 is 0 Å². The average Bonchev–Trinajstić information content (AvgIpc) is 2.43. The van der Waals surface area contributed by atoms with Crippen molar-refractivity contribution in [1.29, 1.82) is 0 Å². The molecule has 0 aromatic rings. The summed E-state index contributed by atoms with van der Waals surface area (Å²) < 4.78 is 4.91. The number of rotatable bonds is 4. The Bertz CT molecular complexity index is 256. The van der Waals surface area contributed by atoms with Gasteiger partial charge in [-0.1, -0.05) is 0 Å². The van der Waals surface area contributed by atoms with Gasteiger partial charge in [-0.3, -0.25) is 14.5 Å². The molecule has 1 aliphatic rings. The lowest BCUT2D eigenvalue weighted by molar-refractivity contribution is -0.144. The fourth-order valence-electron chi connectivity index (χ4n) is 1.82. The van der Waals surface area contributed by atoms with Gasteiger partial charge in [0.15, 0.2) is 0 Å². The highest BCUT2D eigenvalue weighted by atomic mass is 16.5. The first-order valence-electron chi connectivity index (χ1n) is 5.80. The molecule has 0 spiro atoms. The van der Waals surface area contributed by atoms with E-state index in [1.54, 1.807) is 6.92 Å². The Labute approximate surface area is 96.1 Å². The molecule has 1 rings (SSSR count). The maximum atomic E-state index is 11.3. The predicted octanol–water partition coefficient (Wildman–Crippen LogP) is 0.150. The zero-order chi connectivity index (χ0) is 12.0. The summed E-state index contributed by atoms with van der Waals surface area (Å²) in [6.45, 7) is 6.39. The summed E-state index contributed by atoms with van der Waals surface area (Å²) in [6.07, 6.45) is 0.898. The van der Waals surface area contributed by atoms with Crippen LogP contribution in [0.15, 0.2) is 0 Å². The first-order valence-corrected chi connectivity index (χ1v) is 5.80. The van der Waals surface area contributed by atoms with Crippen LogP contribution in [-0.4, -0.2) is 49.1 Å². The summed E-state index contributed by atoms with van der Waals surface area (Å²) >= 11 is 0. The van der Waals surface area contributed by atoms with Crippen molar-refractivity contribution in [2.45, 2.75) is 32.7 Å². The Kier molecular flexibility index (Phi) is 5.25. The summed E-state index contributed by atoms with van der Waals surface area (Å²) in [7, 11) is 0. The lowest BCUT2D eigenvalue weighted by Gasteiger charge is -2.26. The molecule has 0 saturated carbocycles. The Morgan fingerprint density at radius 2 is 2.31 bits per heavy atom. The standard InChI is InChI=1S/C11H20N2O3/c1-3-16-11(15)8-9(2)13-6-4-10(14)12-5-7-13/h9H,3-8H2,1-2H3,(H,12,14). The molecule has 1 aliphatic heterocycles. The Morgan fingerprint density at radius 1 is 1.56 bits per heavy atom. The molecule has 1 unspecified atom stereocenters. The van der Waals surface area contributed by atoms with Gasteiger partial charge in [0.05, 0.1) is 13.0 Å². The average molecular weight is 228 g/mol. The van der Waals surface area contributed by atoms with E-state index in [0.29, 0.717) is 32.5 Å². The van der Waals surface area contributed by atoms with Crippen LogP contribution in [0.3, 0.4) is 0 Å². The smallest absolute Gasteiger partial charge is 0.307 e. The highest BCUT2D eigenvalue weighted by molar-refractivity contribution is 5.76. The molecule has 5 nitrogen and oxygen atoms in total. The van der Waals surface area contributed by atoms with Gasteiger partial charge in [-0.2, -0.15) is 0 Å². The predicted molar refractivity (Wildman–Crippen MR) is 59.9 cm³/mol. The van der Waals surface area contributed by atoms with E-state index in [1.807, 2.05) is 6.92 Å². The van der Waals surface area contributed by atoms with Crippen LogP contribution in [-0.2, 0) is 14.3 Å². The normalized spacial score (nSPS) is 19.8. The number of amides is 1. The van der Waals surface area contributed by atoms with Gasteiger partial charge >= 0.3 is 5.97 Å². The molecule has 1 saturated heterocycles. The topological polar surface area (TPSA) is 58.6 Å². The molecule has 1 N–H and O–H groups in total. The molecule has 16 heavy (non-hydrogen) atoms. The Morgan fingerprint density at radius 3 is 3.00 bits per heavy atom. The van der Waals surface area contributed by atoms with E-state index in [4.69, 9.17) is 4.74 Å².